The Kier molecular flexibility index (Phi) is 8.22. The molecule has 0 bridgehead atoms. The van der Waals surface area contributed by atoms with Crippen molar-refractivity contribution in [3.63, 3.8) is 0 Å². The van der Waals surface area contributed by atoms with Crippen molar-refractivity contribution in [1.82, 2.24) is 0 Å². The first-order chi connectivity index (χ1) is 23.0. The molecule has 0 saturated heterocycles. The van der Waals surface area contributed by atoms with Crippen molar-refractivity contribution in [1.29, 1.82) is 0 Å². The summed E-state index contributed by atoms with van der Waals surface area (Å²) in [6, 6.07) is 18.1. The van der Waals surface area contributed by atoms with E-state index in [9.17, 15) is 0 Å². The standard InChI is InChI=1S/C47H48/c1-47(2)45-31-40(36-16-10-5-11-17-36)26-28-42(45)43-29-27-41(32-46(43)47)44(39-24-22-38(23-25-39)35-14-8-4-9-15-35)30-33-18-20-37(21-19-33)34-12-6-3-7-13-34/h3,5-6,8,10-12,14-18,20,22,24-28,31-32,38,43-44H,4,7,9,13,19,21,23,29-30H2,1-2H3. The normalized spacial score (nSPS) is 24.9. The number of rotatable bonds is 7. The molecular weight excluding hydrogens is 565 g/mol. The molecule has 0 aromatic heterocycles. The minimum Gasteiger partial charge on any atom is -0.0842 e. The van der Waals surface area contributed by atoms with Crippen LogP contribution in [0.3, 0.4) is 0 Å². The fraction of sp³-hybridized carbons (Fsp3) is 0.319. The maximum atomic E-state index is 2.64. The highest BCUT2D eigenvalue weighted by Crippen LogP contribution is 2.55. The van der Waals surface area contributed by atoms with E-state index in [2.05, 4.69) is 141 Å². The van der Waals surface area contributed by atoms with E-state index >= 15 is 0 Å². The van der Waals surface area contributed by atoms with E-state index in [-0.39, 0.29) is 5.41 Å². The zero-order valence-corrected chi connectivity index (χ0v) is 28.2. The van der Waals surface area contributed by atoms with Crippen molar-refractivity contribution in [2.45, 2.75) is 83.0 Å². The third-order valence-electron chi connectivity index (χ3n) is 11.7. The summed E-state index contributed by atoms with van der Waals surface area (Å²) in [4.78, 5) is 0. The topological polar surface area (TPSA) is 0 Å². The van der Waals surface area contributed by atoms with Gasteiger partial charge in [0.25, 0.3) is 0 Å². The lowest BCUT2D eigenvalue weighted by Crippen LogP contribution is -2.20. The van der Waals surface area contributed by atoms with Gasteiger partial charge in [-0.1, -0.05) is 146 Å². The smallest absolute Gasteiger partial charge is 0.0120 e. The molecule has 8 rings (SSSR count). The Labute approximate surface area is 282 Å². The quantitative estimate of drug-likeness (QED) is 0.292. The van der Waals surface area contributed by atoms with Crippen molar-refractivity contribution in [2.75, 3.05) is 0 Å². The zero-order valence-electron chi connectivity index (χ0n) is 28.2. The zero-order chi connectivity index (χ0) is 31.8. The summed E-state index contributed by atoms with van der Waals surface area (Å²) >= 11 is 0. The highest BCUT2D eigenvalue weighted by atomic mass is 14.5. The van der Waals surface area contributed by atoms with Crippen LogP contribution in [0.4, 0.5) is 0 Å². The molecule has 0 amide bonds. The van der Waals surface area contributed by atoms with Gasteiger partial charge in [0.15, 0.2) is 0 Å². The SMILES string of the molecule is CC1(C)C2=CC(C(CC3=CC=C(C4=CC=CCC4)CC3)C3=CCC(C4=CCCC=C4)C=C3)=CCC2c2ccc(-c3ccccc3)cc21. The fourth-order valence-electron chi connectivity index (χ4n) is 8.97. The van der Waals surface area contributed by atoms with E-state index in [1.54, 1.807) is 22.3 Å². The molecular formula is C47H48. The molecule has 0 fully saturated rings. The number of benzene rings is 2. The van der Waals surface area contributed by atoms with Gasteiger partial charge in [0.1, 0.15) is 0 Å². The van der Waals surface area contributed by atoms with Gasteiger partial charge in [-0.25, -0.2) is 0 Å². The Morgan fingerprint density at radius 1 is 0.745 bits per heavy atom. The van der Waals surface area contributed by atoms with Crippen LogP contribution in [0.5, 0.6) is 0 Å². The molecule has 47 heavy (non-hydrogen) atoms. The molecule has 0 heterocycles. The second kappa shape index (κ2) is 12.8. The van der Waals surface area contributed by atoms with Crippen LogP contribution in [-0.4, -0.2) is 0 Å². The van der Waals surface area contributed by atoms with Crippen LogP contribution in [0.2, 0.25) is 0 Å². The van der Waals surface area contributed by atoms with Crippen LogP contribution >= 0.6 is 0 Å². The molecule has 0 spiro atoms. The minimum atomic E-state index is 0.0143. The van der Waals surface area contributed by atoms with Crippen molar-refractivity contribution < 1.29 is 0 Å². The summed E-state index contributed by atoms with van der Waals surface area (Å²) in [5.74, 6) is 1.39. The van der Waals surface area contributed by atoms with Gasteiger partial charge in [-0.2, -0.15) is 0 Å². The maximum absolute atomic E-state index is 2.64. The van der Waals surface area contributed by atoms with E-state index in [4.69, 9.17) is 0 Å². The van der Waals surface area contributed by atoms with E-state index in [0.29, 0.717) is 17.8 Å². The lowest BCUT2D eigenvalue weighted by Gasteiger charge is -2.32. The number of hydrogen-bond donors (Lipinski definition) is 0. The molecule has 6 aliphatic carbocycles. The highest BCUT2D eigenvalue weighted by Gasteiger charge is 2.43. The molecule has 0 heteroatoms. The first kappa shape index (κ1) is 30.2. The van der Waals surface area contributed by atoms with Crippen LogP contribution in [0.15, 0.2) is 167 Å². The second-order valence-corrected chi connectivity index (χ2v) is 14.9. The molecule has 236 valence electrons. The van der Waals surface area contributed by atoms with Gasteiger partial charge in [-0.3, -0.25) is 0 Å². The Hall–Kier alpha value is -4.16. The van der Waals surface area contributed by atoms with Crippen molar-refractivity contribution in [3.8, 4) is 11.1 Å². The molecule has 2 aromatic rings. The van der Waals surface area contributed by atoms with Gasteiger partial charge >= 0.3 is 0 Å². The third-order valence-corrected chi connectivity index (χ3v) is 11.7. The van der Waals surface area contributed by atoms with Gasteiger partial charge in [-0.15, -0.1) is 0 Å². The summed E-state index contributed by atoms with van der Waals surface area (Å²) in [6.07, 6.45) is 42.1. The van der Waals surface area contributed by atoms with Gasteiger partial charge < -0.3 is 0 Å². The van der Waals surface area contributed by atoms with E-state index in [1.807, 2.05) is 0 Å². The van der Waals surface area contributed by atoms with E-state index < -0.39 is 0 Å². The average Bonchev–Trinajstić information content (AvgIpc) is 3.37. The van der Waals surface area contributed by atoms with E-state index in [1.165, 1.54) is 77.5 Å². The average molecular weight is 613 g/mol. The Morgan fingerprint density at radius 2 is 1.62 bits per heavy atom. The summed E-state index contributed by atoms with van der Waals surface area (Å²) in [7, 11) is 0. The molecule has 0 aliphatic heterocycles. The van der Waals surface area contributed by atoms with Crippen LogP contribution in [-0.2, 0) is 5.41 Å². The Balaban J connectivity index is 1.10. The van der Waals surface area contributed by atoms with Gasteiger partial charge in [0, 0.05) is 23.2 Å². The maximum Gasteiger partial charge on any atom is 0.0120 e. The fourth-order valence-corrected chi connectivity index (χ4v) is 8.97. The van der Waals surface area contributed by atoms with Crippen LogP contribution in [0, 0.1) is 11.8 Å². The number of allylic oxidation sites excluding steroid dienone is 20. The number of fused-ring (bicyclic) bond motifs is 3. The summed E-state index contributed by atoms with van der Waals surface area (Å²) in [5, 5.41) is 0. The van der Waals surface area contributed by atoms with Crippen LogP contribution < -0.4 is 0 Å². The molecule has 0 saturated carbocycles. The summed E-state index contributed by atoms with van der Waals surface area (Å²) in [5.41, 5.74) is 16.5. The Morgan fingerprint density at radius 3 is 2.36 bits per heavy atom. The molecule has 3 unspecified atom stereocenters. The lowest BCUT2D eigenvalue weighted by molar-refractivity contribution is 0.598. The van der Waals surface area contributed by atoms with E-state index in [0.717, 1.165) is 19.3 Å². The van der Waals surface area contributed by atoms with Gasteiger partial charge in [0.2, 0.25) is 0 Å². The minimum absolute atomic E-state index is 0.0143. The van der Waals surface area contributed by atoms with Crippen molar-refractivity contribution in [3.05, 3.63) is 178 Å². The summed E-state index contributed by atoms with van der Waals surface area (Å²) < 4.78 is 0. The van der Waals surface area contributed by atoms with Crippen molar-refractivity contribution in [2.24, 2.45) is 11.8 Å². The molecule has 0 radical (unpaired) electrons. The van der Waals surface area contributed by atoms with Crippen molar-refractivity contribution >= 4 is 0 Å². The highest BCUT2D eigenvalue weighted by molar-refractivity contribution is 5.69. The van der Waals surface area contributed by atoms with Crippen LogP contribution in [0.1, 0.15) is 88.7 Å². The van der Waals surface area contributed by atoms with Gasteiger partial charge in [0.05, 0.1) is 0 Å². The predicted molar refractivity (Wildman–Crippen MR) is 200 cm³/mol. The first-order valence-electron chi connectivity index (χ1n) is 18.2. The molecule has 2 aromatic carbocycles. The Bertz CT molecular complexity index is 1870. The number of hydrogen-bond acceptors (Lipinski definition) is 0. The first-order valence-corrected chi connectivity index (χ1v) is 18.2. The molecule has 3 atom stereocenters. The monoisotopic (exact) mass is 612 g/mol. The largest absolute Gasteiger partial charge is 0.0842 e. The third kappa shape index (κ3) is 5.93. The van der Waals surface area contributed by atoms with Gasteiger partial charge in [-0.05, 0) is 114 Å². The lowest BCUT2D eigenvalue weighted by atomic mass is 9.72. The summed E-state index contributed by atoms with van der Waals surface area (Å²) in [6.45, 7) is 4.93. The molecule has 0 N–H and O–H groups in total. The second-order valence-electron chi connectivity index (χ2n) is 14.9. The molecule has 0 nitrogen and oxygen atoms in total. The van der Waals surface area contributed by atoms with Crippen LogP contribution in [0.25, 0.3) is 11.1 Å². The molecule has 6 aliphatic rings. The predicted octanol–water partition coefficient (Wildman–Crippen LogP) is 12.7.